The summed E-state index contributed by atoms with van der Waals surface area (Å²) in [6.45, 7) is 6.13. The summed E-state index contributed by atoms with van der Waals surface area (Å²) in [7, 11) is 2.19. The number of para-hydroxylation sites is 1. The number of rotatable bonds is 4. The third-order valence-electron chi connectivity index (χ3n) is 6.87. The van der Waals surface area contributed by atoms with Gasteiger partial charge in [-0.15, -0.1) is 0 Å². The van der Waals surface area contributed by atoms with Gasteiger partial charge in [-0.05, 0) is 94.6 Å². The Balaban J connectivity index is 1.44. The van der Waals surface area contributed by atoms with Crippen molar-refractivity contribution in [3.63, 3.8) is 0 Å². The Labute approximate surface area is 214 Å². The zero-order valence-corrected chi connectivity index (χ0v) is 21.3. The van der Waals surface area contributed by atoms with E-state index in [9.17, 15) is 9.18 Å². The molecular weight excluding hydrogens is 479 g/mol. The number of halogens is 2. The third-order valence-corrected chi connectivity index (χ3v) is 7.18. The topological polar surface area (TPSA) is 75.9 Å². The van der Waals surface area contributed by atoms with Crippen LogP contribution in [0.1, 0.15) is 42.0 Å². The van der Waals surface area contributed by atoms with Gasteiger partial charge in [-0.25, -0.2) is 14.4 Å². The van der Waals surface area contributed by atoms with Gasteiger partial charge in [-0.3, -0.25) is 4.79 Å². The maximum atomic E-state index is 14.4. The maximum absolute atomic E-state index is 14.4. The fourth-order valence-electron chi connectivity index (χ4n) is 4.97. The zero-order chi connectivity index (χ0) is 25.4. The first-order valence-electron chi connectivity index (χ1n) is 12.1. The van der Waals surface area contributed by atoms with Gasteiger partial charge in [0.1, 0.15) is 11.2 Å². The number of hydrogen-bond donors (Lipinski definition) is 1. The van der Waals surface area contributed by atoms with E-state index >= 15 is 0 Å². The molecule has 0 saturated carbocycles. The van der Waals surface area contributed by atoms with Gasteiger partial charge in [0.2, 0.25) is 5.95 Å². The number of benzene rings is 2. The van der Waals surface area contributed by atoms with Crippen molar-refractivity contribution in [1.29, 1.82) is 0 Å². The Kier molecular flexibility index (Phi) is 6.73. The average molecular weight is 507 g/mol. The summed E-state index contributed by atoms with van der Waals surface area (Å²) in [6.07, 6.45) is 5.02. The molecule has 0 bridgehead atoms. The second-order valence-corrected chi connectivity index (χ2v) is 9.86. The first-order valence-corrected chi connectivity index (χ1v) is 12.5. The van der Waals surface area contributed by atoms with E-state index in [1.807, 2.05) is 6.07 Å². The van der Waals surface area contributed by atoms with Crippen LogP contribution in [0.25, 0.3) is 16.6 Å². The van der Waals surface area contributed by atoms with E-state index in [4.69, 9.17) is 11.6 Å². The van der Waals surface area contributed by atoms with Crippen LogP contribution < -0.4 is 10.9 Å². The van der Waals surface area contributed by atoms with Gasteiger partial charge in [-0.2, -0.15) is 9.78 Å². The summed E-state index contributed by atoms with van der Waals surface area (Å²) >= 11 is 6.16. The molecule has 0 radical (unpaired) electrons. The highest BCUT2D eigenvalue weighted by molar-refractivity contribution is 6.32. The van der Waals surface area contributed by atoms with Crippen LogP contribution in [0.4, 0.5) is 16.0 Å². The van der Waals surface area contributed by atoms with Gasteiger partial charge in [0.15, 0.2) is 5.82 Å². The van der Waals surface area contributed by atoms with E-state index in [0.717, 1.165) is 23.5 Å². The summed E-state index contributed by atoms with van der Waals surface area (Å²) in [5.41, 5.74) is 3.73. The number of fused-ring (bicyclic) bond motifs is 1. The third kappa shape index (κ3) is 4.70. The molecule has 4 aromatic rings. The van der Waals surface area contributed by atoms with Crippen molar-refractivity contribution < 1.29 is 4.39 Å². The van der Waals surface area contributed by atoms with Gasteiger partial charge in [0.25, 0.3) is 5.56 Å². The Hall–Kier alpha value is -3.36. The number of likely N-dealkylation sites (tertiary alicyclic amines) is 1. The van der Waals surface area contributed by atoms with Gasteiger partial charge >= 0.3 is 0 Å². The Morgan fingerprint density at radius 2 is 1.97 bits per heavy atom. The molecule has 1 atom stereocenters. The van der Waals surface area contributed by atoms with Crippen LogP contribution in [-0.2, 0) is 0 Å². The number of aromatic nitrogens is 4. The van der Waals surface area contributed by atoms with Crippen molar-refractivity contribution >= 4 is 34.1 Å². The molecule has 0 spiro atoms. The van der Waals surface area contributed by atoms with Crippen molar-refractivity contribution in [3.8, 4) is 5.69 Å². The number of aryl methyl sites for hydroxylation is 2. The fraction of sp³-hybridized carbons (Fsp3) is 0.333. The first-order chi connectivity index (χ1) is 17.3. The fourth-order valence-corrected chi connectivity index (χ4v) is 5.21. The predicted molar refractivity (Wildman–Crippen MR) is 141 cm³/mol. The standard InChI is InChI=1S/C27H28ClFN6O/c1-16-14-19(9-10-20(16)18-6-5-12-34(3)13-11-18)31-27-30-15-21-24(32-27)17(2)33-35(26(21)36)25-22(28)7-4-8-23(25)29/h4,7-10,14-15,18H,5-6,11-13H2,1-3H3,(H,30,31,32). The summed E-state index contributed by atoms with van der Waals surface area (Å²) < 4.78 is 15.4. The second kappa shape index (κ2) is 9.95. The van der Waals surface area contributed by atoms with Gasteiger partial charge in [0.05, 0.1) is 16.1 Å². The molecule has 3 heterocycles. The smallest absolute Gasteiger partial charge is 0.282 e. The molecule has 9 heteroatoms. The lowest BCUT2D eigenvalue weighted by Gasteiger charge is -2.18. The summed E-state index contributed by atoms with van der Waals surface area (Å²) in [4.78, 5) is 24.4. The minimum Gasteiger partial charge on any atom is -0.324 e. The Morgan fingerprint density at radius 3 is 2.75 bits per heavy atom. The van der Waals surface area contributed by atoms with E-state index in [1.54, 1.807) is 6.92 Å². The van der Waals surface area contributed by atoms with Gasteiger partial charge < -0.3 is 10.2 Å². The van der Waals surface area contributed by atoms with Crippen LogP contribution in [0.15, 0.2) is 47.4 Å². The lowest BCUT2D eigenvalue weighted by molar-refractivity contribution is 0.347. The molecule has 1 aliphatic rings. The molecule has 0 aliphatic carbocycles. The van der Waals surface area contributed by atoms with Crippen LogP contribution in [0.3, 0.4) is 0 Å². The number of nitrogens with zero attached hydrogens (tertiary/aromatic N) is 5. The molecule has 7 nitrogen and oxygen atoms in total. The van der Waals surface area contributed by atoms with Crippen LogP contribution >= 0.6 is 11.6 Å². The molecule has 1 unspecified atom stereocenters. The molecule has 1 aliphatic heterocycles. The molecule has 2 aromatic heterocycles. The highest BCUT2D eigenvalue weighted by Gasteiger charge is 2.19. The maximum Gasteiger partial charge on any atom is 0.282 e. The molecule has 1 N–H and O–H groups in total. The molecule has 1 fully saturated rings. The molecule has 186 valence electrons. The van der Waals surface area contributed by atoms with E-state index in [-0.39, 0.29) is 16.1 Å². The average Bonchev–Trinajstić information content (AvgIpc) is 3.06. The van der Waals surface area contributed by atoms with E-state index in [1.165, 1.54) is 54.8 Å². The molecule has 2 aromatic carbocycles. The first kappa shape index (κ1) is 24.3. The lowest BCUT2D eigenvalue weighted by atomic mass is 9.89. The molecule has 1 saturated heterocycles. The van der Waals surface area contributed by atoms with Crippen molar-refractivity contribution in [2.45, 2.75) is 39.0 Å². The minimum absolute atomic E-state index is 0.0905. The highest BCUT2D eigenvalue weighted by atomic mass is 35.5. The van der Waals surface area contributed by atoms with E-state index < -0.39 is 11.4 Å². The lowest BCUT2D eigenvalue weighted by Crippen LogP contribution is -2.24. The van der Waals surface area contributed by atoms with Gasteiger partial charge in [0, 0.05) is 11.9 Å². The minimum atomic E-state index is -0.634. The Morgan fingerprint density at radius 1 is 1.14 bits per heavy atom. The molecule has 36 heavy (non-hydrogen) atoms. The van der Waals surface area contributed by atoms with Crippen LogP contribution in [-0.4, -0.2) is 44.8 Å². The largest absolute Gasteiger partial charge is 0.324 e. The van der Waals surface area contributed by atoms with E-state index in [0.29, 0.717) is 23.1 Å². The Bertz CT molecular complexity index is 1480. The monoisotopic (exact) mass is 506 g/mol. The quantitative estimate of drug-likeness (QED) is 0.392. The van der Waals surface area contributed by atoms with Crippen LogP contribution in [0, 0.1) is 19.7 Å². The SMILES string of the molecule is Cc1cc(Nc2ncc3c(=O)n(-c4c(F)cccc4Cl)nc(C)c3n2)ccc1C1CCCN(C)CC1. The summed E-state index contributed by atoms with van der Waals surface area (Å²) in [5, 5.41) is 7.87. The number of anilines is 2. The molecule has 0 amide bonds. The zero-order valence-electron chi connectivity index (χ0n) is 20.6. The number of nitrogens with one attached hydrogen (secondary N) is 1. The van der Waals surface area contributed by atoms with Gasteiger partial charge in [-0.1, -0.05) is 23.7 Å². The van der Waals surface area contributed by atoms with Crippen LogP contribution in [0.2, 0.25) is 5.02 Å². The summed E-state index contributed by atoms with van der Waals surface area (Å²) in [5.74, 6) is 0.293. The van der Waals surface area contributed by atoms with E-state index in [2.05, 4.69) is 51.4 Å². The normalized spacial score (nSPS) is 16.8. The molecular formula is C27H28ClFN6O. The molecule has 5 rings (SSSR count). The van der Waals surface area contributed by atoms with Crippen molar-refractivity contribution in [2.75, 3.05) is 25.5 Å². The second-order valence-electron chi connectivity index (χ2n) is 9.46. The van der Waals surface area contributed by atoms with Crippen molar-refractivity contribution in [3.05, 3.63) is 80.6 Å². The van der Waals surface area contributed by atoms with Crippen LogP contribution in [0.5, 0.6) is 0 Å². The highest BCUT2D eigenvalue weighted by Crippen LogP contribution is 2.32. The number of hydrogen-bond acceptors (Lipinski definition) is 6. The summed E-state index contributed by atoms with van der Waals surface area (Å²) in [6, 6.07) is 10.6. The van der Waals surface area contributed by atoms with Crippen molar-refractivity contribution in [2.24, 2.45) is 0 Å². The predicted octanol–water partition coefficient (Wildman–Crippen LogP) is 5.53. The van der Waals surface area contributed by atoms with Crippen molar-refractivity contribution in [1.82, 2.24) is 24.6 Å².